The Labute approximate surface area is 126 Å². The van der Waals surface area contributed by atoms with Crippen molar-refractivity contribution in [3.63, 3.8) is 0 Å². The highest BCUT2D eigenvalue weighted by atomic mass is 16.5. The van der Waals surface area contributed by atoms with Gasteiger partial charge in [-0.1, -0.05) is 38.1 Å². The van der Waals surface area contributed by atoms with E-state index in [9.17, 15) is 5.11 Å². The molecule has 0 aliphatic heterocycles. The Morgan fingerprint density at radius 2 is 1.52 bits per heavy atom. The van der Waals surface area contributed by atoms with E-state index in [0.29, 0.717) is 5.92 Å². The zero-order valence-corrected chi connectivity index (χ0v) is 12.8. The average Bonchev–Trinajstić information content (AvgIpc) is 2.53. The van der Waals surface area contributed by atoms with Crippen LogP contribution < -0.4 is 10.1 Å². The molecule has 0 spiro atoms. The third-order valence-corrected chi connectivity index (χ3v) is 3.62. The van der Waals surface area contributed by atoms with Gasteiger partial charge in [-0.15, -0.1) is 0 Å². The first-order valence-electron chi connectivity index (χ1n) is 7.25. The number of ether oxygens (including phenoxy) is 1. The monoisotopic (exact) mass is 285 g/mol. The van der Waals surface area contributed by atoms with Gasteiger partial charge in [0.1, 0.15) is 5.75 Å². The van der Waals surface area contributed by atoms with E-state index in [1.54, 1.807) is 7.11 Å². The minimum atomic E-state index is -0.111. The molecule has 1 atom stereocenters. The lowest BCUT2D eigenvalue weighted by molar-refractivity contribution is 0.276. The van der Waals surface area contributed by atoms with Crippen LogP contribution in [0.2, 0.25) is 0 Å². The molecule has 3 nitrogen and oxygen atoms in total. The van der Waals surface area contributed by atoms with Crippen molar-refractivity contribution < 1.29 is 9.84 Å². The summed E-state index contributed by atoms with van der Waals surface area (Å²) in [5.41, 5.74) is 3.35. The van der Waals surface area contributed by atoms with Crippen molar-refractivity contribution in [2.24, 2.45) is 0 Å². The Morgan fingerprint density at radius 3 is 2.00 bits per heavy atom. The molecule has 0 saturated heterocycles. The van der Waals surface area contributed by atoms with Crippen LogP contribution in [0.15, 0.2) is 48.5 Å². The third-order valence-electron chi connectivity index (χ3n) is 3.62. The summed E-state index contributed by atoms with van der Waals surface area (Å²) in [6.07, 6.45) is 0. The number of hydrogen-bond donors (Lipinski definition) is 2. The Hall–Kier alpha value is -2.00. The number of hydrogen-bond acceptors (Lipinski definition) is 3. The van der Waals surface area contributed by atoms with Gasteiger partial charge in [0, 0.05) is 5.69 Å². The number of benzene rings is 2. The van der Waals surface area contributed by atoms with Gasteiger partial charge in [-0.05, 0) is 41.3 Å². The maximum atomic E-state index is 9.63. The Balaban J connectivity index is 2.11. The molecule has 21 heavy (non-hydrogen) atoms. The van der Waals surface area contributed by atoms with Crippen LogP contribution >= 0.6 is 0 Å². The predicted octanol–water partition coefficient (Wildman–Crippen LogP) is 3.96. The quantitative estimate of drug-likeness (QED) is 0.844. The van der Waals surface area contributed by atoms with Crippen molar-refractivity contribution >= 4 is 5.69 Å². The lowest BCUT2D eigenvalue weighted by Gasteiger charge is -2.19. The summed E-state index contributed by atoms with van der Waals surface area (Å²) in [6.45, 7) is 4.40. The van der Waals surface area contributed by atoms with Gasteiger partial charge in [0.05, 0.1) is 19.8 Å². The van der Waals surface area contributed by atoms with Crippen LogP contribution in [0.5, 0.6) is 5.75 Å². The summed E-state index contributed by atoms with van der Waals surface area (Å²) in [4.78, 5) is 0. The van der Waals surface area contributed by atoms with E-state index in [-0.39, 0.29) is 12.6 Å². The van der Waals surface area contributed by atoms with Gasteiger partial charge in [-0.25, -0.2) is 0 Å². The first kappa shape index (κ1) is 15.4. The minimum absolute atomic E-state index is 0.0487. The molecular formula is C18H23NO2. The van der Waals surface area contributed by atoms with Crippen molar-refractivity contribution in [1.82, 2.24) is 0 Å². The molecule has 0 bridgehead atoms. The maximum absolute atomic E-state index is 9.63. The molecule has 0 amide bonds. The van der Waals surface area contributed by atoms with Crippen LogP contribution in [0.3, 0.4) is 0 Å². The normalized spacial score (nSPS) is 12.2. The highest BCUT2D eigenvalue weighted by Gasteiger charge is 2.10. The van der Waals surface area contributed by atoms with Gasteiger partial charge in [-0.2, -0.15) is 0 Å². The van der Waals surface area contributed by atoms with Crippen LogP contribution in [0.4, 0.5) is 5.69 Å². The van der Waals surface area contributed by atoms with Crippen molar-refractivity contribution in [2.45, 2.75) is 25.8 Å². The molecule has 0 aliphatic rings. The van der Waals surface area contributed by atoms with Gasteiger partial charge in [0.15, 0.2) is 0 Å². The fourth-order valence-electron chi connectivity index (χ4n) is 2.24. The number of anilines is 1. The predicted molar refractivity (Wildman–Crippen MR) is 87.0 cm³/mol. The number of rotatable bonds is 6. The average molecular weight is 285 g/mol. The van der Waals surface area contributed by atoms with Crippen LogP contribution in [0.25, 0.3) is 0 Å². The lowest BCUT2D eigenvalue weighted by atomic mass is 9.99. The van der Waals surface area contributed by atoms with Crippen molar-refractivity contribution in [3.05, 3.63) is 59.7 Å². The standard InChI is InChI=1S/C18H23NO2/c1-13(2)14-4-6-15(7-5-14)18(12-20)19-16-8-10-17(21-3)11-9-16/h4-11,13,18-20H,12H2,1-3H3. The largest absolute Gasteiger partial charge is 0.497 e. The lowest BCUT2D eigenvalue weighted by Crippen LogP contribution is -2.14. The third kappa shape index (κ3) is 3.99. The SMILES string of the molecule is COc1ccc(NC(CO)c2ccc(C(C)C)cc2)cc1. The number of nitrogens with one attached hydrogen (secondary N) is 1. The van der Waals surface area contributed by atoms with Crippen LogP contribution in [0, 0.1) is 0 Å². The van der Waals surface area contributed by atoms with E-state index in [4.69, 9.17) is 4.74 Å². The molecule has 0 heterocycles. The molecule has 0 aromatic heterocycles. The maximum Gasteiger partial charge on any atom is 0.119 e. The molecule has 0 aliphatic carbocycles. The van der Waals surface area contributed by atoms with Crippen LogP contribution in [-0.4, -0.2) is 18.8 Å². The van der Waals surface area contributed by atoms with Gasteiger partial charge in [0.2, 0.25) is 0 Å². The molecule has 1 unspecified atom stereocenters. The van der Waals surface area contributed by atoms with E-state index >= 15 is 0 Å². The van der Waals surface area contributed by atoms with Crippen LogP contribution in [-0.2, 0) is 0 Å². The fourth-order valence-corrected chi connectivity index (χ4v) is 2.24. The molecule has 3 heteroatoms. The van der Waals surface area contributed by atoms with Gasteiger partial charge in [-0.3, -0.25) is 0 Å². The summed E-state index contributed by atoms with van der Waals surface area (Å²) in [5.74, 6) is 1.34. The first-order valence-corrected chi connectivity index (χ1v) is 7.25. The van der Waals surface area contributed by atoms with Gasteiger partial charge in [0.25, 0.3) is 0 Å². The Kier molecular flexibility index (Phi) is 5.23. The summed E-state index contributed by atoms with van der Waals surface area (Å²) in [5, 5.41) is 13.0. The molecule has 2 rings (SSSR count). The second-order valence-electron chi connectivity index (χ2n) is 5.43. The zero-order chi connectivity index (χ0) is 15.2. The van der Waals surface area contributed by atoms with E-state index in [1.807, 2.05) is 24.3 Å². The number of aliphatic hydroxyl groups excluding tert-OH is 1. The Bertz CT molecular complexity index is 546. The molecule has 0 fully saturated rings. The highest BCUT2D eigenvalue weighted by molar-refractivity contribution is 5.48. The Morgan fingerprint density at radius 1 is 0.952 bits per heavy atom. The second-order valence-corrected chi connectivity index (χ2v) is 5.43. The smallest absolute Gasteiger partial charge is 0.119 e. The van der Waals surface area contributed by atoms with E-state index in [0.717, 1.165) is 17.0 Å². The minimum Gasteiger partial charge on any atom is -0.497 e. The fraction of sp³-hybridized carbons (Fsp3) is 0.333. The summed E-state index contributed by atoms with van der Waals surface area (Å²) in [7, 11) is 1.65. The van der Waals surface area contributed by atoms with E-state index < -0.39 is 0 Å². The molecule has 2 aromatic carbocycles. The van der Waals surface area contributed by atoms with Gasteiger partial charge >= 0.3 is 0 Å². The molecule has 0 radical (unpaired) electrons. The van der Waals surface area contributed by atoms with Crippen LogP contribution in [0.1, 0.15) is 36.9 Å². The second kappa shape index (κ2) is 7.14. The summed E-state index contributed by atoms with van der Waals surface area (Å²) < 4.78 is 5.14. The van der Waals surface area contributed by atoms with Crippen molar-refractivity contribution in [2.75, 3.05) is 19.0 Å². The molecular weight excluding hydrogens is 262 g/mol. The topological polar surface area (TPSA) is 41.5 Å². The molecule has 2 aromatic rings. The van der Waals surface area contributed by atoms with E-state index in [1.165, 1.54) is 5.56 Å². The van der Waals surface area contributed by atoms with E-state index in [2.05, 4.69) is 43.4 Å². The first-order chi connectivity index (χ1) is 10.1. The van der Waals surface area contributed by atoms with Gasteiger partial charge < -0.3 is 15.2 Å². The van der Waals surface area contributed by atoms with Crippen molar-refractivity contribution in [3.8, 4) is 5.75 Å². The number of methoxy groups -OCH3 is 1. The zero-order valence-electron chi connectivity index (χ0n) is 12.8. The highest BCUT2D eigenvalue weighted by Crippen LogP contribution is 2.23. The molecule has 2 N–H and O–H groups in total. The van der Waals surface area contributed by atoms with Crippen molar-refractivity contribution in [1.29, 1.82) is 0 Å². The summed E-state index contributed by atoms with van der Waals surface area (Å²) >= 11 is 0. The molecule has 112 valence electrons. The number of aliphatic hydroxyl groups is 1. The molecule has 0 saturated carbocycles. The summed E-state index contributed by atoms with van der Waals surface area (Å²) in [6, 6.07) is 16.0.